The SMILES string of the molecule is CCC(=O)c1ccc([18F])cc1. The molecule has 1 aromatic rings. The zero-order valence-corrected chi connectivity index (χ0v) is 6.30. The average molecular weight is 151 g/mol. The van der Waals surface area contributed by atoms with Crippen LogP contribution in [0, 0.1) is 5.82 Å². The molecule has 1 rings (SSSR count). The largest absolute Gasteiger partial charge is 0.294 e. The molecule has 0 atom stereocenters. The van der Waals surface area contributed by atoms with Crippen molar-refractivity contribution >= 4 is 5.78 Å². The maximum absolute atomic E-state index is 12.3. The highest BCUT2D eigenvalue weighted by Crippen LogP contribution is 2.04. The number of carbonyl (C=O) groups is 1. The van der Waals surface area contributed by atoms with E-state index >= 15 is 0 Å². The van der Waals surface area contributed by atoms with Crippen LogP contribution in [-0.4, -0.2) is 5.78 Å². The Bertz CT molecular complexity index is 251. The Morgan fingerprint density at radius 2 is 1.91 bits per heavy atom. The lowest BCUT2D eigenvalue weighted by Crippen LogP contribution is -1.95. The van der Waals surface area contributed by atoms with E-state index in [1.54, 1.807) is 6.92 Å². The van der Waals surface area contributed by atoms with Gasteiger partial charge in [-0.15, -0.1) is 0 Å². The van der Waals surface area contributed by atoms with Gasteiger partial charge in [-0.05, 0) is 24.3 Å². The quantitative estimate of drug-likeness (QED) is 0.593. The number of hydrogen-bond acceptors (Lipinski definition) is 1. The summed E-state index contributed by atoms with van der Waals surface area (Å²) in [6, 6.07) is 5.59. The van der Waals surface area contributed by atoms with E-state index in [0.717, 1.165) is 0 Å². The van der Waals surface area contributed by atoms with Crippen LogP contribution >= 0.6 is 0 Å². The fourth-order valence-corrected chi connectivity index (χ4v) is 0.840. The topological polar surface area (TPSA) is 17.1 Å². The van der Waals surface area contributed by atoms with Gasteiger partial charge in [0.25, 0.3) is 0 Å². The molecule has 0 aliphatic rings. The monoisotopic (exact) mass is 151 g/mol. The van der Waals surface area contributed by atoms with Crippen molar-refractivity contribution in [1.82, 2.24) is 0 Å². The summed E-state index contributed by atoms with van der Waals surface area (Å²) in [5.74, 6) is -0.261. The minimum Gasteiger partial charge on any atom is -0.294 e. The minimum absolute atomic E-state index is 0.0463. The Balaban J connectivity index is 2.90. The molecule has 0 N–H and O–H groups in total. The summed E-state index contributed by atoms with van der Waals surface area (Å²) in [7, 11) is 0. The van der Waals surface area contributed by atoms with Crippen molar-refractivity contribution in [3.8, 4) is 0 Å². The number of rotatable bonds is 2. The van der Waals surface area contributed by atoms with Crippen LogP contribution < -0.4 is 0 Å². The van der Waals surface area contributed by atoms with Gasteiger partial charge in [0.05, 0.1) is 0 Å². The number of halogens is 1. The molecule has 0 aliphatic heterocycles. The van der Waals surface area contributed by atoms with Crippen molar-refractivity contribution in [2.75, 3.05) is 0 Å². The Kier molecular flexibility index (Phi) is 2.36. The van der Waals surface area contributed by atoms with Crippen LogP contribution in [0.15, 0.2) is 24.3 Å². The summed E-state index contributed by atoms with van der Waals surface area (Å²) in [5, 5.41) is 0. The second-order valence-corrected chi connectivity index (χ2v) is 2.28. The van der Waals surface area contributed by atoms with E-state index in [9.17, 15) is 9.18 Å². The fraction of sp³-hybridized carbons (Fsp3) is 0.222. The number of Topliss-reactive ketones (excluding diaryl/α,β-unsaturated/α-hetero) is 1. The normalized spacial score (nSPS) is 9.64. The fourth-order valence-electron chi connectivity index (χ4n) is 0.840. The van der Waals surface area contributed by atoms with Gasteiger partial charge in [-0.3, -0.25) is 4.79 Å². The Labute approximate surface area is 64.9 Å². The van der Waals surface area contributed by atoms with Crippen molar-refractivity contribution in [1.29, 1.82) is 0 Å². The van der Waals surface area contributed by atoms with Crippen LogP contribution in [0.3, 0.4) is 0 Å². The third-order valence-corrected chi connectivity index (χ3v) is 1.49. The summed E-state index contributed by atoms with van der Waals surface area (Å²) in [6.07, 6.45) is 0.464. The van der Waals surface area contributed by atoms with E-state index in [-0.39, 0.29) is 11.6 Å². The van der Waals surface area contributed by atoms with Gasteiger partial charge in [-0.1, -0.05) is 6.92 Å². The molecule has 0 fully saturated rings. The first-order valence-corrected chi connectivity index (χ1v) is 3.53. The standard InChI is InChI=1S/C9H9FO/c1-2-9(11)7-3-5-8(10)6-4-7/h3-6H,2H2,1H3/i10-1. The van der Waals surface area contributed by atoms with Crippen molar-refractivity contribution in [2.24, 2.45) is 0 Å². The number of hydrogen-bond donors (Lipinski definition) is 0. The molecule has 58 valence electrons. The summed E-state index contributed by atoms with van der Waals surface area (Å²) >= 11 is 0. The van der Waals surface area contributed by atoms with Crippen molar-refractivity contribution in [2.45, 2.75) is 13.3 Å². The summed E-state index contributed by atoms with van der Waals surface area (Å²) in [5.41, 5.74) is 0.578. The first-order chi connectivity index (χ1) is 5.24. The molecule has 0 spiro atoms. The van der Waals surface area contributed by atoms with E-state index in [1.807, 2.05) is 0 Å². The van der Waals surface area contributed by atoms with Gasteiger partial charge < -0.3 is 0 Å². The van der Waals surface area contributed by atoms with Gasteiger partial charge in [-0.2, -0.15) is 0 Å². The average Bonchev–Trinajstić information content (AvgIpc) is 2.05. The van der Waals surface area contributed by atoms with Gasteiger partial charge in [-0.25, -0.2) is 4.39 Å². The maximum atomic E-state index is 12.3. The van der Waals surface area contributed by atoms with E-state index in [4.69, 9.17) is 0 Å². The van der Waals surface area contributed by atoms with Crippen LogP contribution in [0.5, 0.6) is 0 Å². The molecule has 11 heavy (non-hydrogen) atoms. The van der Waals surface area contributed by atoms with Gasteiger partial charge in [0.1, 0.15) is 5.82 Å². The molecular formula is C9H9FO. The predicted molar refractivity (Wildman–Crippen MR) is 41.0 cm³/mol. The molecule has 0 aliphatic carbocycles. The van der Waals surface area contributed by atoms with Gasteiger partial charge in [0.15, 0.2) is 5.78 Å². The highest BCUT2D eigenvalue weighted by atomic mass is 18.2. The lowest BCUT2D eigenvalue weighted by atomic mass is 10.1. The van der Waals surface area contributed by atoms with Crippen LogP contribution in [0.4, 0.5) is 4.39 Å². The van der Waals surface area contributed by atoms with E-state index in [1.165, 1.54) is 24.3 Å². The second-order valence-electron chi connectivity index (χ2n) is 2.28. The Hall–Kier alpha value is -1.18. The molecule has 1 aromatic carbocycles. The Morgan fingerprint density at radius 1 is 1.36 bits per heavy atom. The maximum Gasteiger partial charge on any atom is 0.162 e. The van der Waals surface area contributed by atoms with Gasteiger partial charge >= 0.3 is 0 Å². The van der Waals surface area contributed by atoms with E-state index in [0.29, 0.717) is 12.0 Å². The van der Waals surface area contributed by atoms with Gasteiger partial charge in [0, 0.05) is 12.0 Å². The van der Waals surface area contributed by atoms with Crippen molar-refractivity contribution < 1.29 is 9.18 Å². The highest BCUT2D eigenvalue weighted by molar-refractivity contribution is 5.95. The van der Waals surface area contributed by atoms with Crippen molar-refractivity contribution in [3.05, 3.63) is 35.6 Å². The van der Waals surface area contributed by atoms with Crippen LogP contribution in [0.2, 0.25) is 0 Å². The number of ketones is 1. The second kappa shape index (κ2) is 3.28. The molecule has 1 nitrogen and oxygen atoms in total. The molecule has 0 amide bonds. The van der Waals surface area contributed by atoms with Crippen LogP contribution in [-0.2, 0) is 0 Å². The van der Waals surface area contributed by atoms with E-state index < -0.39 is 0 Å². The molecule has 0 radical (unpaired) electrons. The smallest absolute Gasteiger partial charge is 0.162 e. The third-order valence-electron chi connectivity index (χ3n) is 1.49. The predicted octanol–water partition coefficient (Wildman–Crippen LogP) is 2.42. The van der Waals surface area contributed by atoms with Gasteiger partial charge in [0.2, 0.25) is 0 Å². The molecule has 0 bridgehead atoms. The first-order valence-electron chi connectivity index (χ1n) is 3.53. The minimum atomic E-state index is -0.308. The number of carbonyl (C=O) groups excluding carboxylic acids is 1. The van der Waals surface area contributed by atoms with E-state index in [2.05, 4.69) is 0 Å². The Morgan fingerprint density at radius 3 is 2.36 bits per heavy atom. The number of benzene rings is 1. The third kappa shape index (κ3) is 1.87. The summed E-state index contributed by atoms with van der Waals surface area (Å²) in [6.45, 7) is 1.78. The first kappa shape index (κ1) is 7.92. The molecule has 2 heteroatoms. The lowest BCUT2D eigenvalue weighted by Gasteiger charge is -1.95. The zero-order chi connectivity index (χ0) is 8.27. The molecule has 0 unspecified atom stereocenters. The van der Waals surface area contributed by atoms with Crippen LogP contribution in [0.1, 0.15) is 23.7 Å². The molecule has 0 saturated carbocycles. The molecule has 0 aromatic heterocycles. The lowest BCUT2D eigenvalue weighted by molar-refractivity contribution is 0.0988. The van der Waals surface area contributed by atoms with Crippen molar-refractivity contribution in [3.63, 3.8) is 0 Å². The van der Waals surface area contributed by atoms with Crippen LogP contribution in [0.25, 0.3) is 0 Å². The zero-order valence-electron chi connectivity index (χ0n) is 6.30. The molecular weight excluding hydrogens is 142 g/mol. The molecule has 0 saturated heterocycles. The molecule has 0 heterocycles. The highest BCUT2D eigenvalue weighted by Gasteiger charge is 2.00. The summed E-state index contributed by atoms with van der Waals surface area (Å²) in [4.78, 5) is 11.0. The summed E-state index contributed by atoms with van der Waals surface area (Å²) < 4.78 is 12.3.